The SMILES string of the molecule is CC(C)(C)c1c(Oc2ccccc2)ccc2ccccc12. The topological polar surface area (TPSA) is 9.23 Å². The predicted octanol–water partition coefficient (Wildman–Crippen LogP) is 5.93. The molecule has 0 amide bonds. The van der Waals surface area contributed by atoms with E-state index in [1.54, 1.807) is 0 Å². The van der Waals surface area contributed by atoms with Crippen molar-refractivity contribution in [1.82, 2.24) is 0 Å². The lowest BCUT2D eigenvalue weighted by atomic mass is 9.83. The van der Waals surface area contributed by atoms with Crippen LogP contribution < -0.4 is 4.74 Å². The molecule has 0 saturated carbocycles. The van der Waals surface area contributed by atoms with Gasteiger partial charge in [0.15, 0.2) is 0 Å². The highest BCUT2D eigenvalue weighted by molar-refractivity contribution is 5.88. The van der Waals surface area contributed by atoms with E-state index in [-0.39, 0.29) is 5.41 Å². The van der Waals surface area contributed by atoms with E-state index in [2.05, 4.69) is 57.2 Å². The predicted molar refractivity (Wildman–Crippen MR) is 89.2 cm³/mol. The van der Waals surface area contributed by atoms with Crippen LogP contribution in [0.5, 0.6) is 11.5 Å². The minimum atomic E-state index is 0.0188. The van der Waals surface area contributed by atoms with Gasteiger partial charge in [-0.25, -0.2) is 0 Å². The smallest absolute Gasteiger partial charge is 0.131 e. The number of para-hydroxylation sites is 1. The van der Waals surface area contributed by atoms with E-state index >= 15 is 0 Å². The molecule has 3 aromatic carbocycles. The first-order chi connectivity index (χ1) is 10.1. The molecule has 0 aliphatic rings. The fraction of sp³-hybridized carbons (Fsp3) is 0.200. The molecule has 0 radical (unpaired) electrons. The molecule has 106 valence electrons. The number of hydrogen-bond acceptors (Lipinski definition) is 1. The summed E-state index contributed by atoms with van der Waals surface area (Å²) in [5, 5.41) is 2.52. The van der Waals surface area contributed by atoms with Gasteiger partial charge in [-0.15, -0.1) is 0 Å². The van der Waals surface area contributed by atoms with Gasteiger partial charge in [0.05, 0.1) is 0 Å². The maximum absolute atomic E-state index is 6.14. The molecular formula is C20H20O. The number of ether oxygens (including phenoxy) is 1. The van der Waals surface area contributed by atoms with Gasteiger partial charge in [-0.2, -0.15) is 0 Å². The molecule has 3 rings (SSSR count). The first kappa shape index (κ1) is 13.7. The van der Waals surface area contributed by atoms with Crippen molar-refractivity contribution in [2.75, 3.05) is 0 Å². The summed E-state index contributed by atoms with van der Waals surface area (Å²) in [6.45, 7) is 6.69. The Morgan fingerprint density at radius 1 is 0.714 bits per heavy atom. The molecule has 0 spiro atoms. The normalized spacial score (nSPS) is 11.6. The Balaban J connectivity index is 2.18. The summed E-state index contributed by atoms with van der Waals surface area (Å²) < 4.78 is 6.14. The second kappa shape index (κ2) is 5.25. The summed E-state index contributed by atoms with van der Waals surface area (Å²) in [4.78, 5) is 0. The third-order valence-corrected chi connectivity index (χ3v) is 3.61. The van der Waals surface area contributed by atoms with Crippen LogP contribution in [0.3, 0.4) is 0 Å². The Bertz CT molecular complexity index is 752. The highest BCUT2D eigenvalue weighted by Gasteiger charge is 2.22. The third-order valence-electron chi connectivity index (χ3n) is 3.61. The molecule has 3 aromatic rings. The molecule has 0 bridgehead atoms. The maximum Gasteiger partial charge on any atom is 0.131 e. The van der Waals surface area contributed by atoms with Crippen molar-refractivity contribution in [2.24, 2.45) is 0 Å². The van der Waals surface area contributed by atoms with Gasteiger partial charge < -0.3 is 4.74 Å². The second-order valence-electron chi connectivity index (χ2n) is 6.32. The summed E-state index contributed by atoms with van der Waals surface area (Å²) in [7, 11) is 0. The van der Waals surface area contributed by atoms with Gasteiger partial charge in [0.25, 0.3) is 0 Å². The average molecular weight is 276 g/mol. The summed E-state index contributed by atoms with van der Waals surface area (Å²) in [6, 6.07) is 22.7. The Labute approximate surface area is 126 Å². The number of benzene rings is 3. The van der Waals surface area contributed by atoms with Gasteiger partial charge >= 0.3 is 0 Å². The number of rotatable bonds is 2. The van der Waals surface area contributed by atoms with Crippen molar-refractivity contribution < 1.29 is 4.74 Å². The Morgan fingerprint density at radius 3 is 2.10 bits per heavy atom. The first-order valence-corrected chi connectivity index (χ1v) is 7.31. The zero-order chi connectivity index (χ0) is 14.9. The van der Waals surface area contributed by atoms with Gasteiger partial charge in [0.2, 0.25) is 0 Å². The van der Waals surface area contributed by atoms with E-state index in [0.717, 1.165) is 11.5 Å². The zero-order valence-electron chi connectivity index (χ0n) is 12.8. The maximum atomic E-state index is 6.14. The molecule has 0 saturated heterocycles. The zero-order valence-corrected chi connectivity index (χ0v) is 12.8. The standard InChI is InChI=1S/C20H20O/c1-20(2,3)19-17-12-8-7-9-15(17)13-14-18(19)21-16-10-5-4-6-11-16/h4-14H,1-3H3. The molecule has 1 heteroatoms. The highest BCUT2D eigenvalue weighted by atomic mass is 16.5. The molecule has 0 aromatic heterocycles. The van der Waals surface area contributed by atoms with Crippen molar-refractivity contribution in [3.8, 4) is 11.5 Å². The van der Waals surface area contributed by atoms with E-state index < -0.39 is 0 Å². The molecule has 0 unspecified atom stereocenters. The fourth-order valence-electron chi connectivity index (χ4n) is 2.73. The van der Waals surface area contributed by atoms with Crippen LogP contribution in [-0.4, -0.2) is 0 Å². The Hall–Kier alpha value is -2.28. The quantitative estimate of drug-likeness (QED) is 0.563. The minimum Gasteiger partial charge on any atom is -0.457 e. The summed E-state index contributed by atoms with van der Waals surface area (Å²) >= 11 is 0. The first-order valence-electron chi connectivity index (χ1n) is 7.31. The largest absolute Gasteiger partial charge is 0.457 e. The van der Waals surface area contributed by atoms with Gasteiger partial charge in [-0.3, -0.25) is 0 Å². The molecule has 0 heterocycles. The van der Waals surface area contributed by atoms with E-state index in [0.29, 0.717) is 0 Å². The molecule has 21 heavy (non-hydrogen) atoms. The second-order valence-corrected chi connectivity index (χ2v) is 6.32. The summed E-state index contributed by atoms with van der Waals surface area (Å²) in [5.74, 6) is 1.81. The van der Waals surface area contributed by atoms with Crippen LogP contribution in [0.25, 0.3) is 10.8 Å². The van der Waals surface area contributed by atoms with Crippen LogP contribution in [0.2, 0.25) is 0 Å². The molecule has 0 aliphatic heterocycles. The van der Waals surface area contributed by atoms with E-state index in [1.807, 2.05) is 30.3 Å². The van der Waals surface area contributed by atoms with Crippen LogP contribution in [0.4, 0.5) is 0 Å². The van der Waals surface area contributed by atoms with Crippen LogP contribution in [-0.2, 0) is 5.41 Å². The van der Waals surface area contributed by atoms with Crippen molar-refractivity contribution >= 4 is 10.8 Å². The lowest BCUT2D eigenvalue weighted by Gasteiger charge is -2.25. The fourth-order valence-corrected chi connectivity index (χ4v) is 2.73. The van der Waals surface area contributed by atoms with Gasteiger partial charge in [-0.1, -0.05) is 69.3 Å². The van der Waals surface area contributed by atoms with E-state index in [9.17, 15) is 0 Å². The van der Waals surface area contributed by atoms with Crippen molar-refractivity contribution in [3.63, 3.8) is 0 Å². The van der Waals surface area contributed by atoms with Crippen LogP contribution in [0.15, 0.2) is 66.7 Å². The lowest BCUT2D eigenvalue weighted by molar-refractivity contribution is 0.458. The molecule has 1 nitrogen and oxygen atoms in total. The van der Waals surface area contributed by atoms with E-state index in [1.165, 1.54) is 16.3 Å². The van der Waals surface area contributed by atoms with Gasteiger partial charge in [0, 0.05) is 5.56 Å². The Kier molecular flexibility index (Phi) is 3.42. The molecule has 0 aliphatic carbocycles. The van der Waals surface area contributed by atoms with Gasteiger partial charge in [-0.05, 0) is 34.4 Å². The lowest BCUT2D eigenvalue weighted by Crippen LogP contribution is -2.13. The number of hydrogen-bond donors (Lipinski definition) is 0. The monoisotopic (exact) mass is 276 g/mol. The summed E-state index contributed by atoms with van der Waals surface area (Å²) in [6.07, 6.45) is 0. The molecule has 0 N–H and O–H groups in total. The molecule has 0 fully saturated rings. The third kappa shape index (κ3) is 2.78. The van der Waals surface area contributed by atoms with Crippen LogP contribution in [0, 0.1) is 0 Å². The number of fused-ring (bicyclic) bond motifs is 1. The van der Waals surface area contributed by atoms with E-state index in [4.69, 9.17) is 4.74 Å². The Morgan fingerprint density at radius 2 is 1.38 bits per heavy atom. The van der Waals surface area contributed by atoms with Crippen LogP contribution >= 0.6 is 0 Å². The van der Waals surface area contributed by atoms with Crippen molar-refractivity contribution in [1.29, 1.82) is 0 Å². The average Bonchev–Trinajstić information content (AvgIpc) is 2.47. The van der Waals surface area contributed by atoms with Crippen molar-refractivity contribution in [3.05, 3.63) is 72.3 Å². The van der Waals surface area contributed by atoms with Crippen LogP contribution in [0.1, 0.15) is 26.3 Å². The highest BCUT2D eigenvalue weighted by Crippen LogP contribution is 2.39. The summed E-state index contributed by atoms with van der Waals surface area (Å²) in [5.41, 5.74) is 1.27. The van der Waals surface area contributed by atoms with Gasteiger partial charge in [0.1, 0.15) is 11.5 Å². The molecular weight excluding hydrogens is 256 g/mol. The van der Waals surface area contributed by atoms with Crippen molar-refractivity contribution in [2.45, 2.75) is 26.2 Å². The molecule has 0 atom stereocenters. The minimum absolute atomic E-state index is 0.0188.